The number of rotatable bonds is 16. The maximum Gasteiger partial charge on any atom is 0.303 e. The van der Waals surface area contributed by atoms with Crippen LogP contribution in [0.2, 0.25) is 0 Å². The maximum atomic E-state index is 10.7. The molecule has 0 radical (unpaired) electrons. The summed E-state index contributed by atoms with van der Waals surface area (Å²) in [5.74, 6) is -0.687. The number of benzene rings is 1. The van der Waals surface area contributed by atoms with Gasteiger partial charge in [0.25, 0.3) is 0 Å². The van der Waals surface area contributed by atoms with Crippen molar-refractivity contribution in [1.82, 2.24) is 4.98 Å². The predicted molar refractivity (Wildman–Crippen MR) is 147 cm³/mol. The fourth-order valence-electron chi connectivity index (χ4n) is 5.07. The highest BCUT2D eigenvalue weighted by atomic mass is 16.4. The number of hydrogen-bond acceptors (Lipinski definition) is 2. The molecule has 1 aliphatic carbocycles. The second kappa shape index (κ2) is 14.7. The molecule has 188 valence electrons. The highest BCUT2D eigenvalue weighted by Gasteiger charge is 2.31. The van der Waals surface area contributed by atoms with Crippen molar-refractivity contribution >= 4 is 11.5 Å². The van der Waals surface area contributed by atoms with E-state index in [4.69, 9.17) is 10.1 Å². The number of allylic oxidation sites excluding steroid dienone is 4. The lowest BCUT2D eigenvalue weighted by atomic mass is 9.72. The van der Waals surface area contributed by atoms with Crippen molar-refractivity contribution in [2.75, 3.05) is 0 Å². The Morgan fingerprint density at radius 1 is 0.914 bits per heavy atom. The number of carboxylic acids is 1. The van der Waals surface area contributed by atoms with Crippen molar-refractivity contribution in [3.8, 4) is 0 Å². The number of hydrogen-bond donors (Lipinski definition) is 1. The average molecular weight is 474 g/mol. The van der Waals surface area contributed by atoms with Crippen LogP contribution < -0.4 is 0 Å². The highest BCUT2D eigenvalue weighted by molar-refractivity contribution is 5.75. The van der Waals surface area contributed by atoms with Crippen LogP contribution in [-0.4, -0.2) is 16.1 Å². The molecule has 0 bridgehead atoms. The van der Waals surface area contributed by atoms with E-state index in [1.807, 2.05) is 0 Å². The molecule has 3 rings (SSSR count). The lowest BCUT2D eigenvalue weighted by Crippen LogP contribution is -2.26. The third kappa shape index (κ3) is 8.80. The van der Waals surface area contributed by atoms with Crippen LogP contribution in [0.3, 0.4) is 0 Å². The van der Waals surface area contributed by atoms with E-state index in [0.717, 1.165) is 51.4 Å². The van der Waals surface area contributed by atoms with Gasteiger partial charge >= 0.3 is 5.97 Å². The maximum absolute atomic E-state index is 10.7. The Labute approximate surface area is 212 Å². The van der Waals surface area contributed by atoms with Crippen LogP contribution in [0.5, 0.6) is 0 Å². The zero-order valence-corrected chi connectivity index (χ0v) is 21.6. The second-order valence-electron chi connectivity index (χ2n) is 10.1. The largest absolute Gasteiger partial charge is 0.481 e. The molecule has 3 nitrogen and oxygen atoms in total. The molecule has 0 spiro atoms. The van der Waals surface area contributed by atoms with E-state index in [2.05, 4.69) is 73.8 Å². The first-order valence-electron chi connectivity index (χ1n) is 13.7. The number of nitrogens with zero attached hydrogens (tertiary/aromatic N) is 1. The zero-order valence-electron chi connectivity index (χ0n) is 21.6. The summed E-state index contributed by atoms with van der Waals surface area (Å²) in [6, 6.07) is 15.2. The van der Waals surface area contributed by atoms with Crippen LogP contribution in [-0.2, 0) is 16.6 Å². The minimum atomic E-state index is -0.687. The third-order valence-corrected chi connectivity index (χ3v) is 7.29. The molecule has 1 aromatic carbocycles. The van der Waals surface area contributed by atoms with Crippen molar-refractivity contribution in [3.63, 3.8) is 0 Å². The van der Waals surface area contributed by atoms with Crippen molar-refractivity contribution in [2.24, 2.45) is 0 Å². The molecule has 3 heteroatoms. The highest BCUT2D eigenvalue weighted by Crippen LogP contribution is 2.40. The molecular formula is C32H43NO2. The van der Waals surface area contributed by atoms with E-state index >= 15 is 0 Å². The van der Waals surface area contributed by atoms with Crippen molar-refractivity contribution in [1.29, 1.82) is 0 Å². The summed E-state index contributed by atoms with van der Waals surface area (Å²) in [4.78, 5) is 15.7. The van der Waals surface area contributed by atoms with Crippen LogP contribution in [0.4, 0.5) is 0 Å². The van der Waals surface area contributed by atoms with E-state index in [1.165, 1.54) is 54.5 Å². The molecule has 0 amide bonds. The number of aryl methyl sites for hydroxylation is 1. The van der Waals surface area contributed by atoms with Crippen LogP contribution >= 0.6 is 0 Å². The molecule has 1 unspecified atom stereocenters. The molecule has 1 atom stereocenters. The van der Waals surface area contributed by atoms with E-state index in [9.17, 15) is 4.79 Å². The van der Waals surface area contributed by atoms with E-state index < -0.39 is 5.97 Å². The summed E-state index contributed by atoms with van der Waals surface area (Å²) in [6.07, 6.45) is 24.3. The zero-order chi connectivity index (χ0) is 24.8. The van der Waals surface area contributed by atoms with Gasteiger partial charge in [-0.2, -0.15) is 0 Å². The average Bonchev–Trinajstić information content (AvgIpc) is 2.89. The standard InChI is InChI=1S/C32H43NO2/c1-2-3-4-6-10-15-27-19-20-30(33-26-27)32(23-14-8-5-7-13-18-31(34)35)24-21-29(22-25-32)28-16-11-9-12-17-28/h9,11-12,16-17,19-22,24,26H,2-8,10,13-15,18,23,25H2,1H3,(H,34,35). The Kier molecular flexibility index (Phi) is 11.3. The van der Waals surface area contributed by atoms with Crippen LogP contribution in [0.25, 0.3) is 5.57 Å². The second-order valence-corrected chi connectivity index (χ2v) is 10.1. The van der Waals surface area contributed by atoms with Gasteiger partial charge in [0, 0.05) is 18.0 Å². The molecule has 0 saturated heterocycles. The quantitative estimate of drug-likeness (QED) is 0.248. The van der Waals surface area contributed by atoms with Crippen LogP contribution in [0, 0.1) is 0 Å². The molecule has 1 aliphatic rings. The monoisotopic (exact) mass is 473 g/mol. The minimum Gasteiger partial charge on any atom is -0.481 e. The molecule has 0 aliphatic heterocycles. The number of aromatic nitrogens is 1. The predicted octanol–water partition coefficient (Wildman–Crippen LogP) is 8.69. The van der Waals surface area contributed by atoms with Gasteiger partial charge in [-0.25, -0.2) is 0 Å². The molecular weight excluding hydrogens is 430 g/mol. The Morgan fingerprint density at radius 3 is 2.34 bits per heavy atom. The van der Waals surface area contributed by atoms with Gasteiger partial charge in [-0.15, -0.1) is 0 Å². The van der Waals surface area contributed by atoms with Gasteiger partial charge in [0.1, 0.15) is 0 Å². The summed E-state index contributed by atoms with van der Waals surface area (Å²) >= 11 is 0. The van der Waals surface area contributed by atoms with Gasteiger partial charge in [0.2, 0.25) is 0 Å². The number of carboxylic acid groups (broad SMARTS) is 1. The Balaban J connectivity index is 1.62. The van der Waals surface area contributed by atoms with Gasteiger partial charge in [0.15, 0.2) is 0 Å². The van der Waals surface area contributed by atoms with Crippen LogP contribution in [0.15, 0.2) is 66.9 Å². The summed E-state index contributed by atoms with van der Waals surface area (Å²) in [6.45, 7) is 2.26. The molecule has 1 N–H and O–H groups in total. The summed E-state index contributed by atoms with van der Waals surface area (Å²) in [5, 5.41) is 8.83. The smallest absolute Gasteiger partial charge is 0.303 e. The first kappa shape index (κ1) is 26.9. The van der Waals surface area contributed by atoms with E-state index in [-0.39, 0.29) is 11.8 Å². The topological polar surface area (TPSA) is 50.2 Å². The molecule has 0 fully saturated rings. The van der Waals surface area contributed by atoms with Crippen molar-refractivity contribution in [3.05, 3.63) is 83.7 Å². The van der Waals surface area contributed by atoms with Crippen molar-refractivity contribution in [2.45, 2.75) is 102 Å². The fourth-order valence-corrected chi connectivity index (χ4v) is 5.07. The van der Waals surface area contributed by atoms with Crippen molar-refractivity contribution < 1.29 is 9.90 Å². The Morgan fingerprint density at radius 2 is 1.66 bits per heavy atom. The molecule has 2 aromatic rings. The summed E-state index contributed by atoms with van der Waals surface area (Å²) in [5.41, 5.74) is 5.02. The van der Waals surface area contributed by atoms with Crippen LogP contribution in [0.1, 0.15) is 107 Å². The van der Waals surface area contributed by atoms with Gasteiger partial charge in [-0.1, -0.05) is 113 Å². The van der Waals surface area contributed by atoms with E-state index in [1.54, 1.807) is 0 Å². The first-order valence-corrected chi connectivity index (χ1v) is 13.7. The molecule has 35 heavy (non-hydrogen) atoms. The SMILES string of the molecule is CCCCCCCc1ccc(C2(CCCCCCCC(=O)O)C=CC(c3ccccc3)=CC2)nc1. The Bertz CT molecular complexity index is 945. The number of pyridine rings is 1. The summed E-state index contributed by atoms with van der Waals surface area (Å²) in [7, 11) is 0. The third-order valence-electron chi connectivity index (χ3n) is 7.29. The van der Waals surface area contributed by atoms with E-state index in [0.29, 0.717) is 0 Å². The molecule has 0 saturated carbocycles. The fraction of sp³-hybridized carbons (Fsp3) is 0.500. The Hall–Kier alpha value is -2.68. The van der Waals surface area contributed by atoms with Gasteiger partial charge < -0.3 is 5.11 Å². The number of carbonyl (C=O) groups is 1. The molecule has 1 aromatic heterocycles. The summed E-state index contributed by atoms with van der Waals surface area (Å²) < 4.78 is 0. The molecule has 1 heterocycles. The normalized spacial score (nSPS) is 17.3. The lowest BCUT2D eigenvalue weighted by molar-refractivity contribution is -0.137. The van der Waals surface area contributed by atoms with Gasteiger partial charge in [-0.3, -0.25) is 9.78 Å². The lowest BCUT2D eigenvalue weighted by Gasteiger charge is -2.32. The van der Waals surface area contributed by atoms with Gasteiger partial charge in [-0.05, 0) is 54.9 Å². The minimum absolute atomic E-state index is 0.0565. The first-order chi connectivity index (χ1) is 17.1. The number of unbranched alkanes of at least 4 members (excludes halogenated alkanes) is 8. The number of aliphatic carboxylic acids is 1. The van der Waals surface area contributed by atoms with Gasteiger partial charge in [0.05, 0.1) is 5.69 Å².